The lowest BCUT2D eigenvalue weighted by Gasteiger charge is -2.27. The normalized spacial score (nSPS) is 14.6. The molecule has 0 spiro atoms. The summed E-state index contributed by atoms with van der Waals surface area (Å²) < 4.78 is 0. The predicted octanol–water partition coefficient (Wildman–Crippen LogP) is 2.63. The molecule has 1 atom stereocenters. The Morgan fingerprint density at radius 1 is 1.20 bits per heavy atom. The number of nitrogens with two attached hydrogens (primary N) is 1. The minimum atomic E-state index is 0.413. The van der Waals surface area contributed by atoms with Crippen LogP contribution in [0.3, 0.4) is 0 Å². The Labute approximate surface area is 96.0 Å². The maximum atomic E-state index is 5.53. The van der Waals surface area contributed by atoms with Crippen molar-refractivity contribution in [3.05, 3.63) is 0 Å². The number of nitrogens with one attached hydrogen (secondary N) is 1. The summed E-state index contributed by atoms with van der Waals surface area (Å²) in [5.41, 5.74) is 5.94. The third kappa shape index (κ3) is 8.88. The van der Waals surface area contributed by atoms with Gasteiger partial charge in [-0.15, -0.1) is 0 Å². The van der Waals surface area contributed by atoms with Crippen molar-refractivity contribution in [3.8, 4) is 0 Å². The first-order chi connectivity index (χ1) is 6.87. The first-order valence-electron chi connectivity index (χ1n) is 6.28. The van der Waals surface area contributed by atoms with Crippen LogP contribution < -0.4 is 11.1 Å². The maximum Gasteiger partial charge on any atom is 0.000273 e. The lowest BCUT2D eigenvalue weighted by atomic mass is 9.84. The van der Waals surface area contributed by atoms with Crippen molar-refractivity contribution in [2.75, 3.05) is 19.6 Å². The minimum Gasteiger partial charge on any atom is -0.330 e. The summed E-state index contributed by atoms with van der Waals surface area (Å²) in [6, 6.07) is 0. The summed E-state index contributed by atoms with van der Waals surface area (Å²) >= 11 is 0. The molecule has 0 aromatic carbocycles. The van der Waals surface area contributed by atoms with Crippen LogP contribution in [0.25, 0.3) is 0 Å². The molecule has 0 fully saturated rings. The van der Waals surface area contributed by atoms with E-state index >= 15 is 0 Å². The van der Waals surface area contributed by atoms with Gasteiger partial charge < -0.3 is 11.1 Å². The fraction of sp³-hybridized carbons (Fsp3) is 1.00. The van der Waals surface area contributed by atoms with E-state index in [2.05, 4.69) is 39.9 Å². The lowest BCUT2D eigenvalue weighted by molar-refractivity contribution is 0.267. The first-order valence-corrected chi connectivity index (χ1v) is 6.28. The molecule has 1 unspecified atom stereocenters. The molecule has 0 aromatic heterocycles. The van der Waals surface area contributed by atoms with Gasteiger partial charge in [0.25, 0.3) is 0 Å². The molecular formula is C13H30N2. The topological polar surface area (TPSA) is 38.0 Å². The molecular weight excluding hydrogens is 184 g/mol. The second-order valence-electron chi connectivity index (χ2n) is 6.08. The van der Waals surface area contributed by atoms with E-state index in [4.69, 9.17) is 5.73 Å². The molecule has 0 aromatic rings. The second kappa shape index (κ2) is 7.24. The Hall–Kier alpha value is -0.0800. The molecule has 0 bridgehead atoms. The highest BCUT2D eigenvalue weighted by Gasteiger charge is 2.18. The third-order valence-electron chi connectivity index (χ3n) is 2.72. The van der Waals surface area contributed by atoms with Crippen LogP contribution in [0.1, 0.15) is 47.5 Å². The van der Waals surface area contributed by atoms with Gasteiger partial charge in [0.2, 0.25) is 0 Å². The Bertz CT molecular complexity index is 153. The smallest absolute Gasteiger partial charge is 0.000273 e. The van der Waals surface area contributed by atoms with Crippen LogP contribution in [0.2, 0.25) is 0 Å². The van der Waals surface area contributed by atoms with Gasteiger partial charge in [-0.1, -0.05) is 34.6 Å². The summed E-state index contributed by atoms with van der Waals surface area (Å²) in [5, 5.41) is 3.56. The zero-order valence-corrected chi connectivity index (χ0v) is 11.3. The largest absolute Gasteiger partial charge is 0.330 e. The highest BCUT2D eigenvalue weighted by atomic mass is 14.9. The molecule has 0 aliphatic heterocycles. The fourth-order valence-corrected chi connectivity index (χ4v) is 2.22. The molecule has 0 rings (SSSR count). The molecule has 15 heavy (non-hydrogen) atoms. The second-order valence-corrected chi connectivity index (χ2v) is 6.08. The van der Waals surface area contributed by atoms with Crippen LogP contribution in [0, 0.1) is 17.3 Å². The zero-order valence-electron chi connectivity index (χ0n) is 11.3. The van der Waals surface area contributed by atoms with Crippen molar-refractivity contribution in [2.45, 2.75) is 47.5 Å². The Morgan fingerprint density at radius 2 is 1.80 bits per heavy atom. The molecule has 92 valence electrons. The highest BCUT2D eigenvalue weighted by molar-refractivity contribution is 4.73. The minimum absolute atomic E-state index is 0.413. The van der Waals surface area contributed by atoms with E-state index in [-0.39, 0.29) is 0 Å². The number of hydrogen-bond donors (Lipinski definition) is 2. The van der Waals surface area contributed by atoms with Crippen molar-refractivity contribution < 1.29 is 0 Å². The molecule has 0 aliphatic carbocycles. The first kappa shape index (κ1) is 14.9. The lowest BCUT2D eigenvalue weighted by Crippen LogP contribution is -2.33. The predicted molar refractivity (Wildman–Crippen MR) is 68.9 cm³/mol. The van der Waals surface area contributed by atoms with Gasteiger partial charge in [0.1, 0.15) is 0 Å². The maximum absolute atomic E-state index is 5.53. The molecule has 2 nitrogen and oxygen atoms in total. The standard InChI is InChI=1S/C13H30N2/c1-11(2)8-13(4,5)10-15-9-12(3)6-7-14/h11-12,15H,6-10,14H2,1-5H3. The highest BCUT2D eigenvalue weighted by Crippen LogP contribution is 2.24. The summed E-state index contributed by atoms with van der Waals surface area (Å²) in [6.45, 7) is 14.5. The van der Waals surface area contributed by atoms with Crippen molar-refractivity contribution in [1.29, 1.82) is 0 Å². The quantitative estimate of drug-likeness (QED) is 0.652. The van der Waals surface area contributed by atoms with Crippen LogP contribution in [0.4, 0.5) is 0 Å². The van der Waals surface area contributed by atoms with E-state index in [1.54, 1.807) is 0 Å². The zero-order chi connectivity index (χ0) is 11.9. The van der Waals surface area contributed by atoms with E-state index in [0.29, 0.717) is 11.3 Å². The average molecular weight is 214 g/mol. The number of rotatable bonds is 8. The summed E-state index contributed by atoms with van der Waals surface area (Å²) in [7, 11) is 0. The van der Waals surface area contributed by atoms with Gasteiger partial charge in [0.15, 0.2) is 0 Å². The van der Waals surface area contributed by atoms with Crippen LogP contribution in [0.15, 0.2) is 0 Å². The fourth-order valence-electron chi connectivity index (χ4n) is 2.22. The van der Waals surface area contributed by atoms with Gasteiger partial charge in [-0.3, -0.25) is 0 Å². The summed E-state index contributed by atoms with van der Waals surface area (Å²) in [4.78, 5) is 0. The van der Waals surface area contributed by atoms with Crippen LogP contribution in [0.5, 0.6) is 0 Å². The van der Waals surface area contributed by atoms with E-state index in [1.807, 2.05) is 0 Å². The van der Waals surface area contributed by atoms with Gasteiger partial charge in [-0.2, -0.15) is 0 Å². The van der Waals surface area contributed by atoms with E-state index in [0.717, 1.165) is 32.0 Å². The van der Waals surface area contributed by atoms with E-state index in [9.17, 15) is 0 Å². The third-order valence-corrected chi connectivity index (χ3v) is 2.72. The van der Waals surface area contributed by atoms with Crippen LogP contribution in [-0.2, 0) is 0 Å². The van der Waals surface area contributed by atoms with Gasteiger partial charge in [-0.25, -0.2) is 0 Å². The molecule has 0 amide bonds. The molecule has 0 saturated carbocycles. The van der Waals surface area contributed by atoms with Gasteiger partial charge in [-0.05, 0) is 43.2 Å². The van der Waals surface area contributed by atoms with Gasteiger partial charge in [0, 0.05) is 6.54 Å². The summed E-state index contributed by atoms with van der Waals surface area (Å²) in [6.07, 6.45) is 2.41. The van der Waals surface area contributed by atoms with Crippen molar-refractivity contribution >= 4 is 0 Å². The molecule has 0 aliphatic rings. The Kier molecular flexibility index (Phi) is 7.20. The Balaban J connectivity index is 3.65. The van der Waals surface area contributed by atoms with Crippen LogP contribution >= 0.6 is 0 Å². The molecule has 0 saturated heterocycles. The monoisotopic (exact) mass is 214 g/mol. The van der Waals surface area contributed by atoms with Gasteiger partial charge >= 0.3 is 0 Å². The molecule has 3 N–H and O–H groups in total. The van der Waals surface area contributed by atoms with E-state index < -0.39 is 0 Å². The summed E-state index contributed by atoms with van der Waals surface area (Å²) in [5.74, 6) is 1.48. The molecule has 2 heteroatoms. The number of hydrogen-bond acceptors (Lipinski definition) is 2. The van der Waals surface area contributed by atoms with Crippen LogP contribution in [-0.4, -0.2) is 19.6 Å². The van der Waals surface area contributed by atoms with Gasteiger partial charge in [0.05, 0.1) is 0 Å². The van der Waals surface area contributed by atoms with Crippen molar-refractivity contribution in [3.63, 3.8) is 0 Å². The SMILES string of the molecule is CC(C)CC(C)(C)CNCC(C)CCN. The van der Waals surface area contributed by atoms with E-state index in [1.165, 1.54) is 6.42 Å². The molecule has 0 heterocycles. The van der Waals surface area contributed by atoms with Crippen molar-refractivity contribution in [2.24, 2.45) is 23.0 Å². The molecule has 0 radical (unpaired) electrons. The van der Waals surface area contributed by atoms with Crippen molar-refractivity contribution in [1.82, 2.24) is 5.32 Å². The average Bonchev–Trinajstić information content (AvgIpc) is 2.01. The Morgan fingerprint density at radius 3 is 2.27 bits per heavy atom.